The zero-order valence-electron chi connectivity index (χ0n) is 10.6. The van der Waals surface area contributed by atoms with Gasteiger partial charge in [-0.25, -0.2) is 8.78 Å². The highest BCUT2D eigenvalue weighted by Gasteiger charge is 2.49. The van der Waals surface area contributed by atoms with Crippen molar-refractivity contribution < 1.29 is 27.4 Å². The van der Waals surface area contributed by atoms with Crippen molar-refractivity contribution in [2.45, 2.75) is 16.3 Å². The number of hydrogen-bond donors (Lipinski definition) is 1. The zero-order valence-corrected chi connectivity index (χ0v) is 13.0. The molecular weight excluding hydrogens is 388 g/mol. The second-order valence-electron chi connectivity index (χ2n) is 4.56. The lowest BCUT2D eigenvalue weighted by Crippen LogP contribution is -2.16. The first-order valence-electron chi connectivity index (χ1n) is 5.99. The van der Waals surface area contributed by atoms with Crippen LogP contribution in [0.5, 0.6) is 11.5 Å². The van der Waals surface area contributed by atoms with Crippen molar-refractivity contribution in [1.29, 1.82) is 0 Å². The Bertz CT molecular complexity index is 734. The summed E-state index contributed by atoms with van der Waals surface area (Å²) in [5.41, 5.74) is -0.00984. The molecule has 0 fully saturated rings. The molecule has 1 aliphatic rings. The highest BCUT2D eigenvalue weighted by molar-refractivity contribution is 9.10. The summed E-state index contributed by atoms with van der Waals surface area (Å²) >= 11 is 3.35. The van der Waals surface area contributed by atoms with Gasteiger partial charge in [0.2, 0.25) is 0 Å². The number of fused-ring (bicyclic) bond motifs is 1. The summed E-state index contributed by atoms with van der Waals surface area (Å²) in [6, 6.07) is 5.35. The summed E-state index contributed by atoms with van der Waals surface area (Å²) < 4.78 is 58.8. The molecule has 1 aliphatic heterocycles. The van der Waals surface area contributed by atoms with Crippen LogP contribution in [0.25, 0.3) is 0 Å². The van der Waals surface area contributed by atoms with Crippen LogP contribution in [-0.4, -0.2) is 10.4 Å². The molecule has 0 radical (unpaired) electrons. The Morgan fingerprint density at radius 3 is 2.41 bits per heavy atom. The number of benzene rings is 2. The summed E-state index contributed by atoms with van der Waals surface area (Å²) in [6.07, 6.45) is -1.99. The molecule has 0 aliphatic carbocycles. The molecule has 22 heavy (non-hydrogen) atoms. The number of rotatable bonds is 2. The highest BCUT2D eigenvalue weighted by Crippen LogP contribution is 2.57. The van der Waals surface area contributed by atoms with Crippen LogP contribution in [0.1, 0.15) is 11.7 Å². The molecule has 2 nitrogen and oxygen atoms in total. The van der Waals surface area contributed by atoms with Crippen LogP contribution in [-0.2, 0) is 0 Å². The van der Waals surface area contributed by atoms with E-state index >= 15 is 0 Å². The van der Waals surface area contributed by atoms with E-state index in [4.69, 9.17) is 4.74 Å². The van der Waals surface area contributed by atoms with Crippen molar-refractivity contribution in [2.75, 3.05) is 0 Å². The van der Waals surface area contributed by atoms with Gasteiger partial charge >= 0.3 is 5.25 Å². The van der Waals surface area contributed by atoms with Crippen LogP contribution >= 0.6 is 27.7 Å². The second-order valence-corrected chi connectivity index (χ2v) is 6.54. The fourth-order valence-electron chi connectivity index (χ4n) is 2.06. The van der Waals surface area contributed by atoms with Crippen molar-refractivity contribution in [3.63, 3.8) is 0 Å². The Balaban J connectivity index is 1.99. The maximum Gasteiger partial charge on any atom is 0.327 e. The lowest BCUT2D eigenvalue weighted by Gasteiger charge is -2.14. The van der Waals surface area contributed by atoms with Gasteiger partial charge in [-0.3, -0.25) is 0 Å². The number of halogens is 5. The van der Waals surface area contributed by atoms with E-state index in [0.29, 0.717) is 6.07 Å². The standard InChI is InChI=1S/C14H7BrF4O2S/c15-12-9(21-8-4-6(16)3-7(17)5-8)1-2-10-11(12)13(20)14(18,19)22-10/h1-5,13,20H. The molecule has 1 unspecified atom stereocenters. The van der Waals surface area contributed by atoms with Crippen LogP contribution in [0.2, 0.25) is 0 Å². The largest absolute Gasteiger partial charge is 0.456 e. The Morgan fingerprint density at radius 1 is 1.14 bits per heavy atom. The zero-order chi connectivity index (χ0) is 16.1. The van der Waals surface area contributed by atoms with Gasteiger partial charge in [-0.15, -0.1) is 0 Å². The van der Waals surface area contributed by atoms with E-state index in [-0.39, 0.29) is 38.2 Å². The van der Waals surface area contributed by atoms with Gasteiger partial charge in [0.1, 0.15) is 23.1 Å². The molecule has 0 saturated heterocycles. The Morgan fingerprint density at radius 2 is 1.77 bits per heavy atom. The summed E-state index contributed by atoms with van der Waals surface area (Å²) in [6.45, 7) is 0. The van der Waals surface area contributed by atoms with E-state index in [0.717, 1.165) is 12.1 Å². The van der Waals surface area contributed by atoms with E-state index in [9.17, 15) is 22.7 Å². The fourth-order valence-corrected chi connectivity index (χ4v) is 3.82. The maximum atomic E-state index is 13.5. The molecule has 0 bridgehead atoms. The van der Waals surface area contributed by atoms with Crippen molar-refractivity contribution in [1.82, 2.24) is 0 Å². The third-order valence-corrected chi connectivity index (χ3v) is 4.90. The van der Waals surface area contributed by atoms with Crippen molar-refractivity contribution >= 4 is 27.7 Å². The molecule has 0 aromatic heterocycles. The van der Waals surface area contributed by atoms with Gasteiger partial charge in [-0.1, -0.05) is 0 Å². The highest BCUT2D eigenvalue weighted by atomic mass is 79.9. The minimum Gasteiger partial charge on any atom is -0.456 e. The minimum atomic E-state index is -3.34. The monoisotopic (exact) mass is 394 g/mol. The number of aliphatic hydroxyl groups excluding tert-OH is 1. The van der Waals surface area contributed by atoms with Gasteiger partial charge < -0.3 is 9.84 Å². The third-order valence-electron chi connectivity index (χ3n) is 3.01. The first-order valence-corrected chi connectivity index (χ1v) is 7.60. The SMILES string of the molecule is OC1c2c(ccc(Oc3cc(F)cc(F)c3)c2Br)SC1(F)F. The Hall–Kier alpha value is -1.25. The predicted octanol–water partition coefficient (Wildman–Crippen LogP) is 5.25. The number of alkyl halides is 2. The maximum absolute atomic E-state index is 13.5. The summed E-state index contributed by atoms with van der Waals surface area (Å²) in [4.78, 5) is 0.210. The summed E-state index contributed by atoms with van der Waals surface area (Å²) in [5, 5.41) is 6.35. The first kappa shape index (κ1) is 15.6. The van der Waals surface area contributed by atoms with Gasteiger partial charge in [-0.2, -0.15) is 8.78 Å². The molecule has 116 valence electrons. The molecule has 0 spiro atoms. The third kappa shape index (κ3) is 2.70. The van der Waals surface area contributed by atoms with Gasteiger partial charge in [0, 0.05) is 28.7 Å². The van der Waals surface area contributed by atoms with Crippen molar-refractivity contribution in [2.24, 2.45) is 0 Å². The lowest BCUT2D eigenvalue weighted by atomic mass is 10.1. The molecule has 2 aromatic rings. The molecule has 1 atom stereocenters. The quantitative estimate of drug-likeness (QED) is 0.705. The second kappa shape index (κ2) is 5.43. The molecule has 0 saturated carbocycles. The van der Waals surface area contributed by atoms with Gasteiger partial charge in [0.15, 0.2) is 6.10 Å². The van der Waals surface area contributed by atoms with E-state index in [1.165, 1.54) is 12.1 Å². The van der Waals surface area contributed by atoms with E-state index in [2.05, 4.69) is 15.9 Å². The Labute approximate surface area is 135 Å². The average molecular weight is 395 g/mol. The topological polar surface area (TPSA) is 29.5 Å². The van der Waals surface area contributed by atoms with Crippen molar-refractivity contribution in [3.05, 3.63) is 52.0 Å². The van der Waals surface area contributed by atoms with Gasteiger partial charge in [0.25, 0.3) is 0 Å². The molecular formula is C14H7BrF4O2S. The number of ether oxygens (including phenoxy) is 1. The van der Waals surface area contributed by atoms with Crippen molar-refractivity contribution in [3.8, 4) is 11.5 Å². The van der Waals surface area contributed by atoms with Gasteiger partial charge in [-0.05, 0) is 39.8 Å². The van der Waals surface area contributed by atoms with Crippen LogP contribution in [0.3, 0.4) is 0 Å². The van der Waals surface area contributed by atoms with Gasteiger partial charge in [0.05, 0.1) is 4.47 Å². The molecule has 3 rings (SSSR count). The molecule has 1 N–H and O–H groups in total. The van der Waals surface area contributed by atoms with E-state index < -0.39 is 23.0 Å². The minimum absolute atomic E-state index is 0.00984. The molecule has 8 heteroatoms. The Kier molecular flexibility index (Phi) is 3.86. The van der Waals surface area contributed by atoms with Crippen LogP contribution in [0.15, 0.2) is 39.7 Å². The lowest BCUT2D eigenvalue weighted by molar-refractivity contribution is -0.0314. The smallest absolute Gasteiger partial charge is 0.327 e. The van der Waals surface area contributed by atoms with E-state index in [1.807, 2.05) is 0 Å². The fraction of sp³-hybridized carbons (Fsp3) is 0.143. The number of aliphatic hydroxyl groups is 1. The summed E-state index contributed by atoms with van der Waals surface area (Å²) in [7, 11) is 0. The predicted molar refractivity (Wildman–Crippen MR) is 76.3 cm³/mol. The average Bonchev–Trinajstić information content (AvgIpc) is 2.63. The summed E-state index contributed by atoms with van der Waals surface area (Å²) in [5.74, 6) is -1.70. The molecule has 1 heterocycles. The number of thioether (sulfide) groups is 1. The normalized spacial score (nSPS) is 19.1. The van der Waals surface area contributed by atoms with Crippen LogP contribution < -0.4 is 4.74 Å². The molecule has 2 aromatic carbocycles. The van der Waals surface area contributed by atoms with Crippen LogP contribution in [0.4, 0.5) is 17.6 Å². The molecule has 0 amide bonds. The first-order chi connectivity index (χ1) is 10.3. The van der Waals surface area contributed by atoms with E-state index in [1.54, 1.807) is 0 Å². The number of hydrogen-bond acceptors (Lipinski definition) is 3. The van der Waals surface area contributed by atoms with Crippen LogP contribution in [0, 0.1) is 11.6 Å².